The second-order valence-electron chi connectivity index (χ2n) is 6.92. The first-order valence-corrected chi connectivity index (χ1v) is 8.91. The Balaban J connectivity index is 1.69. The van der Waals surface area contributed by atoms with Crippen molar-refractivity contribution in [3.05, 3.63) is 90.0 Å². The SMILES string of the molecule is Cc1ccc(CCC(O)(CCn2ccnc2)Cc2ccccc2)cc1. The number of aromatic nitrogens is 2. The van der Waals surface area contributed by atoms with Crippen LogP contribution in [0.2, 0.25) is 0 Å². The lowest BCUT2D eigenvalue weighted by Crippen LogP contribution is -2.33. The predicted octanol–water partition coefficient (Wildman–Crippen LogP) is 4.19. The van der Waals surface area contributed by atoms with E-state index in [-0.39, 0.29) is 0 Å². The zero-order chi connectivity index (χ0) is 17.5. The van der Waals surface area contributed by atoms with Crippen LogP contribution in [0.1, 0.15) is 29.5 Å². The van der Waals surface area contributed by atoms with Gasteiger partial charge in [0.25, 0.3) is 0 Å². The van der Waals surface area contributed by atoms with Crippen LogP contribution in [-0.4, -0.2) is 20.3 Å². The van der Waals surface area contributed by atoms with Crippen LogP contribution in [0.4, 0.5) is 0 Å². The number of hydrogen-bond donors (Lipinski definition) is 1. The standard InChI is InChI=1S/C22H26N2O/c1-19-7-9-20(10-8-19)11-12-22(25,13-15-24-16-14-23-18-24)17-21-5-3-2-4-6-21/h2-10,14,16,18,25H,11-13,15,17H2,1H3. The minimum atomic E-state index is -0.726. The van der Waals surface area contributed by atoms with Crippen molar-refractivity contribution in [1.82, 2.24) is 9.55 Å². The number of aliphatic hydroxyl groups is 1. The first kappa shape index (κ1) is 17.4. The van der Waals surface area contributed by atoms with Crippen molar-refractivity contribution in [1.29, 1.82) is 0 Å². The molecule has 0 fully saturated rings. The molecule has 3 nitrogen and oxygen atoms in total. The summed E-state index contributed by atoms with van der Waals surface area (Å²) in [6, 6.07) is 18.9. The number of benzene rings is 2. The van der Waals surface area contributed by atoms with Gasteiger partial charge in [-0.15, -0.1) is 0 Å². The molecule has 1 heterocycles. The molecule has 0 radical (unpaired) electrons. The van der Waals surface area contributed by atoms with Crippen LogP contribution in [0.15, 0.2) is 73.3 Å². The Morgan fingerprint density at radius 2 is 1.72 bits per heavy atom. The Hall–Kier alpha value is -2.39. The van der Waals surface area contributed by atoms with E-state index < -0.39 is 5.60 Å². The van der Waals surface area contributed by atoms with Crippen molar-refractivity contribution < 1.29 is 5.11 Å². The third-order valence-corrected chi connectivity index (χ3v) is 4.77. The molecule has 130 valence electrons. The van der Waals surface area contributed by atoms with Crippen molar-refractivity contribution >= 4 is 0 Å². The van der Waals surface area contributed by atoms with E-state index in [1.165, 1.54) is 16.7 Å². The lowest BCUT2D eigenvalue weighted by atomic mass is 9.85. The molecule has 0 saturated heterocycles. The highest BCUT2D eigenvalue weighted by molar-refractivity contribution is 5.22. The van der Waals surface area contributed by atoms with Gasteiger partial charge >= 0.3 is 0 Å². The number of rotatable bonds is 8. The first-order chi connectivity index (χ1) is 12.1. The van der Waals surface area contributed by atoms with Crippen LogP contribution >= 0.6 is 0 Å². The van der Waals surface area contributed by atoms with Crippen molar-refractivity contribution in [3.63, 3.8) is 0 Å². The third kappa shape index (κ3) is 5.30. The Morgan fingerprint density at radius 3 is 2.40 bits per heavy atom. The smallest absolute Gasteiger partial charge is 0.0945 e. The lowest BCUT2D eigenvalue weighted by molar-refractivity contribution is 0.0191. The van der Waals surface area contributed by atoms with Gasteiger partial charge in [-0.05, 0) is 37.3 Å². The largest absolute Gasteiger partial charge is 0.389 e. The van der Waals surface area contributed by atoms with Gasteiger partial charge in [0.1, 0.15) is 0 Å². The molecule has 3 heteroatoms. The van der Waals surface area contributed by atoms with E-state index in [9.17, 15) is 5.11 Å². The van der Waals surface area contributed by atoms with Gasteiger partial charge in [-0.25, -0.2) is 4.98 Å². The van der Waals surface area contributed by atoms with Crippen molar-refractivity contribution in [2.24, 2.45) is 0 Å². The molecule has 2 aromatic carbocycles. The summed E-state index contributed by atoms with van der Waals surface area (Å²) in [4.78, 5) is 4.09. The van der Waals surface area contributed by atoms with Gasteiger partial charge in [-0.3, -0.25) is 0 Å². The maximum absolute atomic E-state index is 11.3. The molecule has 3 rings (SSSR count). The Kier molecular flexibility index (Phi) is 5.67. The molecule has 1 unspecified atom stereocenters. The zero-order valence-corrected chi connectivity index (χ0v) is 14.8. The molecule has 3 aromatic rings. The van der Waals surface area contributed by atoms with Crippen molar-refractivity contribution in [2.45, 2.75) is 44.8 Å². The van der Waals surface area contributed by atoms with E-state index in [4.69, 9.17) is 0 Å². The summed E-state index contributed by atoms with van der Waals surface area (Å²) >= 11 is 0. The molecular weight excluding hydrogens is 308 g/mol. The van der Waals surface area contributed by atoms with Crippen LogP contribution < -0.4 is 0 Å². The molecule has 1 aromatic heterocycles. The van der Waals surface area contributed by atoms with Gasteiger partial charge < -0.3 is 9.67 Å². The van der Waals surface area contributed by atoms with Crippen LogP contribution in [0.5, 0.6) is 0 Å². The topological polar surface area (TPSA) is 38.0 Å². The minimum Gasteiger partial charge on any atom is -0.389 e. The number of aryl methyl sites for hydroxylation is 3. The normalized spacial score (nSPS) is 13.5. The summed E-state index contributed by atoms with van der Waals surface area (Å²) in [6.07, 6.45) is 8.56. The monoisotopic (exact) mass is 334 g/mol. The Labute approximate surface area is 150 Å². The molecule has 0 spiro atoms. The fourth-order valence-electron chi connectivity index (χ4n) is 3.17. The lowest BCUT2D eigenvalue weighted by Gasteiger charge is -2.29. The molecule has 0 saturated carbocycles. The maximum atomic E-state index is 11.3. The number of hydrogen-bond acceptors (Lipinski definition) is 2. The van der Waals surface area contributed by atoms with E-state index >= 15 is 0 Å². The van der Waals surface area contributed by atoms with Gasteiger partial charge in [-0.2, -0.15) is 0 Å². The van der Waals surface area contributed by atoms with Gasteiger partial charge in [0.05, 0.1) is 11.9 Å². The predicted molar refractivity (Wildman–Crippen MR) is 101 cm³/mol. The molecular formula is C22H26N2O. The minimum absolute atomic E-state index is 0.675. The molecule has 0 aliphatic heterocycles. The van der Waals surface area contributed by atoms with Crippen molar-refractivity contribution in [3.8, 4) is 0 Å². The molecule has 25 heavy (non-hydrogen) atoms. The fraction of sp³-hybridized carbons (Fsp3) is 0.318. The molecule has 0 amide bonds. The highest BCUT2D eigenvalue weighted by Crippen LogP contribution is 2.25. The number of nitrogens with zero attached hydrogens (tertiary/aromatic N) is 2. The maximum Gasteiger partial charge on any atom is 0.0945 e. The van der Waals surface area contributed by atoms with Gasteiger partial charge in [0, 0.05) is 25.4 Å². The summed E-state index contributed by atoms with van der Waals surface area (Å²) < 4.78 is 2.03. The summed E-state index contributed by atoms with van der Waals surface area (Å²) in [7, 11) is 0. The van der Waals surface area contributed by atoms with Crippen LogP contribution in [0, 0.1) is 6.92 Å². The highest BCUT2D eigenvalue weighted by Gasteiger charge is 2.27. The van der Waals surface area contributed by atoms with E-state index in [1.807, 2.05) is 35.3 Å². The average molecular weight is 334 g/mol. The molecule has 0 aliphatic carbocycles. The summed E-state index contributed by atoms with van der Waals surface area (Å²) in [6.45, 7) is 2.87. The molecule has 1 N–H and O–H groups in total. The molecule has 1 atom stereocenters. The number of imidazole rings is 1. The van der Waals surface area contributed by atoms with E-state index in [2.05, 4.69) is 48.3 Å². The quantitative estimate of drug-likeness (QED) is 0.671. The highest BCUT2D eigenvalue weighted by atomic mass is 16.3. The fourth-order valence-corrected chi connectivity index (χ4v) is 3.17. The summed E-state index contributed by atoms with van der Waals surface area (Å²) in [5.74, 6) is 0. The van der Waals surface area contributed by atoms with E-state index in [0.717, 1.165) is 19.4 Å². The second kappa shape index (κ2) is 8.13. The third-order valence-electron chi connectivity index (χ3n) is 4.77. The van der Waals surface area contributed by atoms with Crippen molar-refractivity contribution in [2.75, 3.05) is 0 Å². The molecule has 0 aliphatic rings. The van der Waals surface area contributed by atoms with Crippen LogP contribution in [0.25, 0.3) is 0 Å². The van der Waals surface area contributed by atoms with Crippen LogP contribution in [0.3, 0.4) is 0 Å². The zero-order valence-electron chi connectivity index (χ0n) is 14.8. The Bertz CT molecular complexity index is 750. The van der Waals surface area contributed by atoms with E-state index in [1.54, 1.807) is 6.20 Å². The van der Waals surface area contributed by atoms with Gasteiger partial charge in [0.2, 0.25) is 0 Å². The molecule has 0 bridgehead atoms. The first-order valence-electron chi connectivity index (χ1n) is 8.91. The Morgan fingerprint density at radius 1 is 0.960 bits per heavy atom. The van der Waals surface area contributed by atoms with Gasteiger partial charge in [0.15, 0.2) is 0 Å². The summed E-state index contributed by atoms with van der Waals surface area (Å²) in [5.41, 5.74) is 3.00. The van der Waals surface area contributed by atoms with E-state index in [0.29, 0.717) is 12.8 Å². The van der Waals surface area contributed by atoms with Gasteiger partial charge in [-0.1, -0.05) is 60.2 Å². The summed E-state index contributed by atoms with van der Waals surface area (Å²) in [5, 5.41) is 11.3. The second-order valence-corrected chi connectivity index (χ2v) is 6.92. The average Bonchev–Trinajstić information content (AvgIpc) is 3.14. The van der Waals surface area contributed by atoms with Crippen LogP contribution in [-0.2, 0) is 19.4 Å².